The molecular weight excluding hydrogens is 317 g/mol. The highest BCUT2D eigenvalue weighted by Gasteiger charge is 2.20. The number of benzene rings is 3. The Morgan fingerprint density at radius 1 is 0.808 bits per heavy atom. The molecule has 1 heterocycles. The van der Waals surface area contributed by atoms with Crippen LogP contribution >= 0.6 is 0 Å². The fourth-order valence-electron chi connectivity index (χ4n) is 3.65. The zero-order valence-corrected chi connectivity index (χ0v) is 15.0. The van der Waals surface area contributed by atoms with Crippen molar-refractivity contribution < 1.29 is 0 Å². The molecule has 126 valence electrons. The highest BCUT2D eigenvalue weighted by molar-refractivity contribution is 6.33. The molecule has 4 rings (SSSR count). The maximum absolute atomic E-state index is 13.5. The van der Waals surface area contributed by atoms with Crippen LogP contribution in [0.25, 0.3) is 10.8 Å². The van der Waals surface area contributed by atoms with Gasteiger partial charge in [0.1, 0.15) is 7.85 Å². The first kappa shape index (κ1) is 16.4. The van der Waals surface area contributed by atoms with Gasteiger partial charge in [-0.25, -0.2) is 0 Å². The molecule has 0 spiro atoms. The van der Waals surface area contributed by atoms with Crippen LogP contribution in [0.5, 0.6) is 0 Å². The maximum atomic E-state index is 13.5. The molecule has 0 atom stereocenters. The fourth-order valence-corrected chi connectivity index (χ4v) is 3.65. The van der Waals surface area contributed by atoms with E-state index in [0.29, 0.717) is 0 Å². The molecule has 0 aliphatic rings. The Morgan fingerprint density at radius 3 is 1.96 bits per heavy atom. The minimum absolute atomic E-state index is 0.0569. The second-order valence-electron chi connectivity index (χ2n) is 6.78. The SMILES string of the molecule is Bc1ccc2cc(C)n(C(c3ccccc3)c3ccccc3)c(=O)c2c1. The molecule has 0 amide bonds. The number of hydrogen-bond acceptors (Lipinski definition) is 1. The second kappa shape index (κ2) is 6.68. The lowest BCUT2D eigenvalue weighted by atomic mass is 9.93. The van der Waals surface area contributed by atoms with Gasteiger partial charge in [-0.15, -0.1) is 0 Å². The number of hydrogen-bond donors (Lipinski definition) is 0. The average molecular weight is 337 g/mol. The van der Waals surface area contributed by atoms with E-state index < -0.39 is 0 Å². The van der Waals surface area contributed by atoms with Crippen molar-refractivity contribution in [1.82, 2.24) is 4.57 Å². The van der Waals surface area contributed by atoms with Crippen molar-refractivity contribution in [2.24, 2.45) is 0 Å². The van der Waals surface area contributed by atoms with Gasteiger partial charge < -0.3 is 4.57 Å². The molecule has 0 radical (unpaired) electrons. The summed E-state index contributed by atoms with van der Waals surface area (Å²) in [4.78, 5) is 13.5. The van der Waals surface area contributed by atoms with E-state index in [9.17, 15) is 4.79 Å². The molecule has 0 saturated carbocycles. The first-order chi connectivity index (χ1) is 12.6. The molecule has 1 aromatic heterocycles. The van der Waals surface area contributed by atoms with Crippen LogP contribution in [0, 0.1) is 6.92 Å². The van der Waals surface area contributed by atoms with E-state index in [4.69, 9.17) is 0 Å². The summed E-state index contributed by atoms with van der Waals surface area (Å²) in [5.74, 6) is 0. The van der Waals surface area contributed by atoms with Crippen LogP contribution < -0.4 is 11.0 Å². The highest BCUT2D eigenvalue weighted by Crippen LogP contribution is 2.27. The monoisotopic (exact) mass is 337 g/mol. The lowest BCUT2D eigenvalue weighted by Crippen LogP contribution is -2.29. The number of aryl methyl sites for hydroxylation is 1. The van der Waals surface area contributed by atoms with Gasteiger partial charge in [-0.1, -0.05) is 84.3 Å². The van der Waals surface area contributed by atoms with Gasteiger partial charge in [-0.3, -0.25) is 4.79 Å². The van der Waals surface area contributed by atoms with Crippen LogP contribution in [0.15, 0.2) is 89.7 Å². The molecular formula is C23H20BNO. The zero-order chi connectivity index (χ0) is 18.1. The van der Waals surface area contributed by atoms with Crippen molar-refractivity contribution in [3.05, 3.63) is 112 Å². The molecule has 4 aromatic rings. The first-order valence-corrected chi connectivity index (χ1v) is 8.87. The van der Waals surface area contributed by atoms with Crippen LogP contribution in [0.3, 0.4) is 0 Å². The summed E-state index contributed by atoms with van der Waals surface area (Å²) in [6.07, 6.45) is 0. The van der Waals surface area contributed by atoms with Crippen LogP contribution in [-0.2, 0) is 0 Å². The molecule has 2 nitrogen and oxygen atoms in total. The lowest BCUT2D eigenvalue weighted by molar-refractivity contribution is 0.636. The normalized spacial score (nSPS) is 11.2. The first-order valence-electron chi connectivity index (χ1n) is 8.87. The van der Waals surface area contributed by atoms with Gasteiger partial charge in [0.15, 0.2) is 0 Å². The Morgan fingerprint density at radius 2 is 1.38 bits per heavy atom. The van der Waals surface area contributed by atoms with Crippen molar-refractivity contribution in [3.63, 3.8) is 0 Å². The van der Waals surface area contributed by atoms with Crippen molar-refractivity contribution in [2.75, 3.05) is 0 Å². The molecule has 0 aliphatic carbocycles. The molecule has 0 fully saturated rings. The second-order valence-corrected chi connectivity index (χ2v) is 6.78. The summed E-state index contributed by atoms with van der Waals surface area (Å²) in [7, 11) is 2.02. The van der Waals surface area contributed by atoms with Gasteiger partial charge in [0.2, 0.25) is 0 Å². The molecule has 0 N–H and O–H groups in total. The van der Waals surface area contributed by atoms with E-state index in [-0.39, 0.29) is 11.6 Å². The molecule has 0 aliphatic heterocycles. The van der Waals surface area contributed by atoms with Gasteiger partial charge in [0.05, 0.1) is 6.04 Å². The standard InChI is InChI=1S/C23H20BNO/c1-16-14-19-12-13-20(24)15-21(19)23(26)25(16)22(17-8-4-2-5-9-17)18-10-6-3-7-11-18/h2-15,22H,24H2,1H3. The summed E-state index contributed by atoms with van der Waals surface area (Å²) < 4.78 is 1.92. The minimum Gasteiger partial charge on any atom is -0.301 e. The third-order valence-electron chi connectivity index (χ3n) is 4.89. The molecule has 26 heavy (non-hydrogen) atoms. The number of fused-ring (bicyclic) bond motifs is 1. The summed E-state index contributed by atoms with van der Waals surface area (Å²) in [6.45, 7) is 2.01. The van der Waals surface area contributed by atoms with E-state index in [1.165, 1.54) is 0 Å². The van der Waals surface area contributed by atoms with Crippen molar-refractivity contribution in [2.45, 2.75) is 13.0 Å². The topological polar surface area (TPSA) is 22.0 Å². The van der Waals surface area contributed by atoms with Crippen LogP contribution in [0.2, 0.25) is 0 Å². The smallest absolute Gasteiger partial charge is 0.259 e. The third kappa shape index (κ3) is 2.86. The third-order valence-corrected chi connectivity index (χ3v) is 4.89. The van der Waals surface area contributed by atoms with Crippen molar-refractivity contribution in [1.29, 1.82) is 0 Å². The van der Waals surface area contributed by atoms with Gasteiger partial charge in [0.25, 0.3) is 5.56 Å². The Labute approximate surface area is 154 Å². The Bertz CT molecular complexity index is 1080. The number of rotatable bonds is 3. The summed E-state index contributed by atoms with van der Waals surface area (Å²) in [6, 6.07) is 28.5. The van der Waals surface area contributed by atoms with Crippen LogP contribution in [-0.4, -0.2) is 12.4 Å². The molecule has 0 unspecified atom stereocenters. The quantitative estimate of drug-likeness (QED) is 0.526. The summed E-state index contributed by atoms with van der Waals surface area (Å²) in [5, 5.41) is 1.77. The minimum atomic E-state index is -0.144. The van der Waals surface area contributed by atoms with E-state index in [2.05, 4.69) is 36.4 Å². The number of nitrogens with zero attached hydrogens (tertiary/aromatic N) is 1. The van der Waals surface area contributed by atoms with Crippen LogP contribution in [0.1, 0.15) is 22.9 Å². The fraction of sp³-hybridized carbons (Fsp3) is 0.0870. The predicted octanol–water partition coefficient (Wildman–Crippen LogP) is 3.21. The Balaban J connectivity index is 2.05. The predicted molar refractivity (Wildman–Crippen MR) is 111 cm³/mol. The summed E-state index contributed by atoms with van der Waals surface area (Å²) in [5.41, 5.74) is 4.33. The average Bonchev–Trinajstić information content (AvgIpc) is 2.67. The molecule has 3 aromatic carbocycles. The largest absolute Gasteiger partial charge is 0.301 e. The number of aromatic nitrogens is 1. The molecule has 0 bridgehead atoms. The molecule has 0 saturated heterocycles. The summed E-state index contributed by atoms with van der Waals surface area (Å²) >= 11 is 0. The molecule has 3 heteroatoms. The zero-order valence-electron chi connectivity index (χ0n) is 15.0. The van der Waals surface area contributed by atoms with Gasteiger partial charge in [0, 0.05) is 11.1 Å². The van der Waals surface area contributed by atoms with E-state index in [1.54, 1.807) is 0 Å². The van der Waals surface area contributed by atoms with E-state index in [0.717, 1.165) is 33.1 Å². The van der Waals surface area contributed by atoms with Crippen molar-refractivity contribution >= 4 is 24.1 Å². The Hall–Kier alpha value is -3.07. The maximum Gasteiger partial charge on any atom is 0.259 e. The van der Waals surface area contributed by atoms with Gasteiger partial charge in [-0.2, -0.15) is 0 Å². The van der Waals surface area contributed by atoms with E-state index >= 15 is 0 Å². The van der Waals surface area contributed by atoms with Gasteiger partial charge >= 0.3 is 0 Å². The van der Waals surface area contributed by atoms with Crippen molar-refractivity contribution in [3.8, 4) is 0 Å². The van der Waals surface area contributed by atoms with Crippen LogP contribution in [0.4, 0.5) is 0 Å². The number of pyridine rings is 1. The Kier molecular flexibility index (Phi) is 4.22. The lowest BCUT2D eigenvalue weighted by Gasteiger charge is -2.24. The van der Waals surface area contributed by atoms with E-state index in [1.807, 2.05) is 67.9 Å². The highest BCUT2D eigenvalue weighted by atomic mass is 16.1. The van der Waals surface area contributed by atoms with Gasteiger partial charge in [-0.05, 0) is 29.5 Å².